The number of hydrogen-bond acceptors (Lipinski definition) is 4. The van der Waals surface area contributed by atoms with Gasteiger partial charge in [0, 0.05) is 6.04 Å². The molecule has 0 bridgehead atoms. The number of hydrogen-bond donors (Lipinski definition) is 1. The molecule has 1 N–H and O–H groups in total. The highest BCUT2D eigenvalue weighted by Gasteiger charge is 2.47. The molecule has 0 amide bonds. The lowest BCUT2D eigenvalue weighted by Gasteiger charge is -2.41. The molecule has 4 heteroatoms. The van der Waals surface area contributed by atoms with Crippen molar-refractivity contribution in [3.63, 3.8) is 0 Å². The first kappa shape index (κ1) is 19.4. The molecule has 0 unspecified atom stereocenters. The first-order valence-corrected chi connectivity index (χ1v) is 9.08. The van der Waals surface area contributed by atoms with Crippen LogP contribution in [0, 0.1) is 5.41 Å². The highest BCUT2D eigenvalue weighted by atomic mass is 16.6. The Balaban J connectivity index is 2.58. The number of hydroxylamine groups is 1. The summed E-state index contributed by atoms with van der Waals surface area (Å²) in [4.78, 5) is 17.7. The number of methoxy groups -OCH3 is 1. The highest BCUT2D eigenvalue weighted by Crippen LogP contribution is 2.42. The van der Waals surface area contributed by atoms with Crippen LogP contribution >= 0.6 is 0 Å². The molecule has 0 aliphatic heterocycles. The molecule has 0 aromatic rings. The fourth-order valence-electron chi connectivity index (χ4n) is 3.80. The molecule has 1 saturated carbocycles. The molecule has 0 radical (unpaired) electrons. The minimum Gasteiger partial charge on any atom is -0.469 e. The van der Waals surface area contributed by atoms with Gasteiger partial charge in [-0.05, 0) is 19.3 Å². The molecule has 22 heavy (non-hydrogen) atoms. The van der Waals surface area contributed by atoms with Crippen LogP contribution < -0.4 is 5.48 Å². The molecule has 0 saturated heterocycles. The van der Waals surface area contributed by atoms with Crippen molar-refractivity contribution in [2.24, 2.45) is 5.41 Å². The SMILES string of the molecule is CCCCCCCC[C@@H](NOC)C1(C(=O)OC)CCCCC1. The van der Waals surface area contributed by atoms with Crippen molar-refractivity contribution in [3.05, 3.63) is 0 Å². The van der Waals surface area contributed by atoms with E-state index in [-0.39, 0.29) is 12.0 Å². The highest BCUT2D eigenvalue weighted by molar-refractivity contribution is 5.77. The average Bonchev–Trinajstić information content (AvgIpc) is 2.56. The molecule has 0 heterocycles. The van der Waals surface area contributed by atoms with E-state index in [9.17, 15) is 4.79 Å². The lowest BCUT2D eigenvalue weighted by Crippen LogP contribution is -2.51. The van der Waals surface area contributed by atoms with Crippen LogP contribution in [0.15, 0.2) is 0 Å². The zero-order valence-electron chi connectivity index (χ0n) is 14.8. The van der Waals surface area contributed by atoms with Crippen molar-refractivity contribution in [1.82, 2.24) is 5.48 Å². The van der Waals surface area contributed by atoms with E-state index < -0.39 is 5.41 Å². The summed E-state index contributed by atoms with van der Waals surface area (Å²) in [5, 5.41) is 0. The van der Waals surface area contributed by atoms with E-state index in [4.69, 9.17) is 9.57 Å². The summed E-state index contributed by atoms with van der Waals surface area (Å²) >= 11 is 0. The zero-order valence-corrected chi connectivity index (χ0v) is 14.8. The maximum absolute atomic E-state index is 12.5. The molecule has 0 spiro atoms. The van der Waals surface area contributed by atoms with E-state index in [0.29, 0.717) is 0 Å². The fourth-order valence-corrected chi connectivity index (χ4v) is 3.80. The van der Waals surface area contributed by atoms with Gasteiger partial charge in [0.15, 0.2) is 0 Å². The molecule has 0 aromatic carbocycles. The molecule has 1 rings (SSSR count). The van der Waals surface area contributed by atoms with Crippen LogP contribution in [-0.4, -0.2) is 26.2 Å². The third-order valence-electron chi connectivity index (χ3n) is 5.11. The van der Waals surface area contributed by atoms with E-state index in [2.05, 4.69) is 12.4 Å². The second-order valence-corrected chi connectivity index (χ2v) is 6.64. The Hall–Kier alpha value is -0.610. The number of ether oxygens (including phenoxy) is 1. The Morgan fingerprint density at radius 1 is 1.05 bits per heavy atom. The molecular formula is C18H35NO3. The minimum atomic E-state index is -0.396. The Kier molecular flexibility index (Phi) is 9.73. The minimum absolute atomic E-state index is 0.0623. The number of nitrogens with one attached hydrogen (secondary N) is 1. The molecule has 1 aliphatic rings. The van der Waals surface area contributed by atoms with Gasteiger partial charge in [0.1, 0.15) is 0 Å². The first-order valence-electron chi connectivity index (χ1n) is 9.08. The monoisotopic (exact) mass is 313 g/mol. The van der Waals surface area contributed by atoms with Crippen molar-refractivity contribution in [3.8, 4) is 0 Å². The van der Waals surface area contributed by atoms with E-state index in [0.717, 1.165) is 38.5 Å². The molecule has 0 aromatic heterocycles. The second-order valence-electron chi connectivity index (χ2n) is 6.64. The third kappa shape index (κ3) is 5.54. The van der Waals surface area contributed by atoms with E-state index >= 15 is 0 Å². The number of carbonyl (C=O) groups excluding carboxylic acids is 1. The smallest absolute Gasteiger partial charge is 0.313 e. The lowest BCUT2D eigenvalue weighted by molar-refractivity contribution is -0.161. The molecule has 130 valence electrons. The molecule has 1 fully saturated rings. The lowest BCUT2D eigenvalue weighted by atomic mass is 9.68. The van der Waals surface area contributed by atoms with Gasteiger partial charge in [0.2, 0.25) is 0 Å². The van der Waals surface area contributed by atoms with Gasteiger partial charge in [-0.3, -0.25) is 4.79 Å². The maximum Gasteiger partial charge on any atom is 0.313 e. The Bertz CT molecular complexity index is 301. The van der Waals surface area contributed by atoms with Crippen LogP contribution in [-0.2, 0) is 14.4 Å². The number of carbonyl (C=O) groups is 1. The van der Waals surface area contributed by atoms with Crippen molar-refractivity contribution in [1.29, 1.82) is 0 Å². The normalized spacial score (nSPS) is 18.9. The Morgan fingerprint density at radius 3 is 2.27 bits per heavy atom. The number of unbranched alkanes of at least 4 members (excludes halogenated alkanes) is 5. The van der Waals surface area contributed by atoms with Crippen LogP contribution in [0.3, 0.4) is 0 Å². The predicted molar refractivity (Wildman–Crippen MR) is 89.5 cm³/mol. The first-order chi connectivity index (χ1) is 10.7. The van der Waals surface area contributed by atoms with Crippen LogP contribution in [0.25, 0.3) is 0 Å². The van der Waals surface area contributed by atoms with Gasteiger partial charge in [0.05, 0.1) is 19.6 Å². The summed E-state index contributed by atoms with van der Waals surface area (Å²) in [6.07, 6.45) is 13.8. The van der Waals surface area contributed by atoms with Crippen LogP contribution in [0.5, 0.6) is 0 Å². The van der Waals surface area contributed by atoms with Gasteiger partial charge in [0.25, 0.3) is 0 Å². The summed E-state index contributed by atoms with van der Waals surface area (Å²) in [7, 11) is 3.15. The Morgan fingerprint density at radius 2 is 1.68 bits per heavy atom. The third-order valence-corrected chi connectivity index (χ3v) is 5.11. The van der Waals surface area contributed by atoms with E-state index in [1.165, 1.54) is 45.6 Å². The number of rotatable bonds is 11. The molecule has 1 atom stereocenters. The quantitative estimate of drug-likeness (QED) is 0.349. The predicted octanol–water partition coefficient (Wildman–Crippen LogP) is 4.38. The van der Waals surface area contributed by atoms with Gasteiger partial charge < -0.3 is 9.57 Å². The summed E-state index contributed by atoms with van der Waals surface area (Å²) < 4.78 is 5.15. The molecule has 4 nitrogen and oxygen atoms in total. The van der Waals surface area contributed by atoms with E-state index in [1.807, 2.05) is 0 Å². The molecule has 1 aliphatic carbocycles. The maximum atomic E-state index is 12.5. The van der Waals surface area contributed by atoms with Gasteiger partial charge >= 0.3 is 5.97 Å². The average molecular weight is 313 g/mol. The van der Waals surface area contributed by atoms with Gasteiger partial charge in [-0.1, -0.05) is 64.7 Å². The van der Waals surface area contributed by atoms with Crippen LogP contribution in [0.1, 0.15) is 84.0 Å². The second kappa shape index (κ2) is 11.0. The van der Waals surface area contributed by atoms with E-state index in [1.54, 1.807) is 7.11 Å². The topological polar surface area (TPSA) is 47.6 Å². The van der Waals surface area contributed by atoms with Gasteiger partial charge in [-0.2, -0.15) is 5.48 Å². The Labute approximate surface area is 136 Å². The standard InChI is InChI=1S/C18H35NO3/c1-4-5-6-7-8-10-13-16(19-22-3)18(17(20)21-2)14-11-9-12-15-18/h16,19H,4-15H2,1-3H3/t16-/m1/s1. The summed E-state index contributed by atoms with van der Waals surface area (Å²) in [5.41, 5.74) is 2.71. The zero-order chi connectivity index (χ0) is 16.3. The van der Waals surface area contributed by atoms with Crippen molar-refractivity contribution in [2.75, 3.05) is 14.2 Å². The van der Waals surface area contributed by atoms with Gasteiger partial charge in [-0.25, -0.2) is 0 Å². The summed E-state index contributed by atoms with van der Waals surface area (Å²) in [6, 6.07) is 0.0661. The van der Waals surface area contributed by atoms with Crippen molar-refractivity contribution < 1.29 is 14.4 Å². The van der Waals surface area contributed by atoms with Crippen LogP contribution in [0.4, 0.5) is 0 Å². The largest absolute Gasteiger partial charge is 0.469 e. The molecular weight excluding hydrogens is 278 g/mol. The van der Waals surface area contributed by atoms with Crippen molar-refractivity contribution >= 4 is 5.97 Å². The van der Waals surface area contributed by atoms with Crippen molar-refractivity contribution in [2.45, 2.75) is 90.0 Å². The summed E-state index contributed by atoms with van der Waals surface area (Å²) in [6.45, 7) is 2.24. The fraction of sp³-hybridized carbons (Fsp3) is 0.944. The van der Waals surface area contributed by atoms with Gasteiger partial charge in [-0.15, -0.1) is 0 Å². The van der Waals surface area contributed by atoms with Crippen LogP contribution in [0.2, 0.25) is 0 Å². The summed E-state index contributed by atoms with van der Waals surface area (Å²) in [5.74, 6) is -0.0623. The number of esters is 1.